The van der Waals surface area contributed by atoms with Gasteiger partial charge in [0.25, 0.3) is 0 Å². The van der Waals surface area contributed by atoms with Gasteiger partial charge in [0.2, 0.25) is 0 Å². The largest absolute Gasteiger partial charge is 0.489 e. The molecule has 2 aromatic rings. The van der Waals surface area contributed by atoms with Crippen molar-refractivity contribution in [1.82, 2.24) is 0 Å². The summed E-state index contributed by atoms with van der Waals surface area (Å²) < 4.78 is 5.68. The molecular weight excluding hydrogens is 270 g/mol. The molecule has 0 unspecified atom stereocenters. The molecule has 0 atom stereocenters. The second-order valence-electron chi connectivity index (χ2n) is 4.94. The Bertz CT molecular complexity index is 626. The maximum Gasteiger partial charge on any atom is 0.121 e. The van der Waals surface area contributed by atoms with Crippen molar-refractivity contribution in [2.45, 2.75) is 26.4 Å². The second-order valence-corrected chi connectivity index (χ2v) is 5.35. The molecule has 0 amide bonds. The summed E-state index contributed by atoms with van der Waals surface area (Å²) in [5.74, 6) is 1.20. The van der Waals surface area contributed by atoms with Crippen molar-refractivity contribution in [1.29, 1.82) is 5.26 Å². The van der Waals surface area contributed by atoms with E-state index in [1.807, 2.05) is 6.07 Å². The number of halogens is 1. The molecule has 0 radical (unpaired) electrons. The van der Waals surface area contributed by atoms with E-state index >= 15 is 0 Å². The minimum Gasteiger partial charge on any atom is -0.489 e. The third kappa shape index (κ3) is 3.53. The molecule has 2 nitrogen and oxygen atoms in total. The molecule has 2 aromatic carbocycles. The SMILES string of the molecule is CC(C)c1ccc(COc2ccc(C#N)c(Cl)c2)cc1. The van der Waals surface area contributed by atoms with Crippen molar-refractivity contribution in [2.24, 2.45) is 0 Å². The van der Waals surface area contributed by atoms with Crippen molar-refractivity contribution >= 4 is 11.6 Å². The van der Waals surface area contributed by atoms with Gasteiger partial charge in [-0.25, -0.2) is 0 Å². The van der Waals surface area contributed by atoms with E-state index in [0.29, 0.717) is 28.9 Å². The Morgan fingerprint density at radius 1 is 1.15 bits per heavy atom. The smallest absolute Gasteiger partial charge is 0.121 e. The van der Waals surface area contributed by atoms with E-state index in [0.717, 1.165) is 5.56 Å². The number of benzene rings is 2. The van der Waals surface area contributed by atoms with Crippen LogP contribution in [0.25, 0.3) is 0 Å². The number of hydrogen-bond acceptors (Lipinski definition) is 2. The van der Waals surface area contributed by atoms with E-state index in [1.165, 1.54) is 5.56 Å². The van der Waals surface area contributed by atoms with Crippen LogP contribution in [0.2, 0.25) is 5.02 Å². The predicted molar refractivity (Wildman–Crippen MR) is 81.0 cm³/mol. The molecular formula is C17H16ClNO. The summed E-state index contributed by atoms with van der Waals surface area (Å²) in [5, 5.41) is 9.23. The molecule has 0 aliphatic rings. The van der Waals surface area contributed by atoms with Crippen LogP contribution in [0.4, 0.5) is 0 Å². The molecule has 0 heterocycles. The molecule has 0 saturated carbocycles. The Kier molecular flexibility index (Phi) is 4.65. The Hall–Kier alpha value is -1.98. The van der Waals surface area contributed by atoms with E-state index < -0.39 is 0 Å². The molecule has 0 aromatic heterocycles. The van der Waals surface area contributed by atoms with Crippen molar-refractivity contribution < 1.29 is 4.74 Å². The molecule has 102 valence electrons. The van der Waals surface area contributed by atoms with Crippen LogP contribution >= 0.6 is 11.6 Å². The van der Waals surface area contributed by atoms with E-state index in [9.17, 15) is 0 Å². The minimum absolute atomic E-state index is 0.417. The van der Waals surface area contributed by atoms with Gasteiger partial charge in [0.1, 0.15) is 18.4 Å². The Morgan fingerprint density at radius 3 is 2.40 bits per heavy atom. The summed E-state index contributed by atoms with van der Waals surface area (Å²) in [6.07, 6.45) is 0. The Labute approximate surface area is 124 Å². The summed E-state index contributed by atoms with van der Waals surface area (Å²) in [5.41, 5.74) is 2.88. The van der Waals surface area contributed by atoms with E-state index in [-0.39, 0.29) is 0 Å². The average Bonchev–Trinajstić information content (AvgIpc) is 2.45. The molecule has 0 N–H and O–H groups in total. The number of nitriles is 1. The highest BCUT2D eigenvalue weighted by Gasteiger charge is 2.03. The first-order valence-corrected chi connectivity index (χ1v) is 6.89. The zero-order valence-electron chi connectivity index (χ0n) is 11.6. The number of nitrogens with zero attached hydrogens (tertiary/aromatic N) is 1. The quantitative estimate of drug-likeness (QED) is 0.799. The highest BCUT2D eigenvalue weighted by atomic mass is 35.5. The molecule has 0 saturated heterocycles. The van der Waals surface area contributed by atoms with Crippen LogP contribution in [-0.2, 0) is 6.61 Å². The molecule has 3 heteroatoms. The standard InChI is InChI=1S/C17H16ClNO/c1-12(2)14-5-3-13(4-6-14)11-20-16-8-7-15(10-19)17(18)9-16/h3-9,12H,11H2,1-2H3. The lowest BCUT2D eigenvalue weighted by Crippen LogP contribution is -1.96. The molecule has 0 fully saturated rings. The first kappa shape index (κ1) is 14.4. The minimum atomic E-state index is 0.417. The van der Waals surface area contributed by atoms with Crippen LogP contribution in [-0.4, -0.2) is 0 Å². The summed E-state index contributed by atoms with van der Waals surface area (Å²) in [4.78, 5) is 0. The van der Waals surface area contributed by atoms with Crippen molar-refractivity contribution in [3.05, 3.63) is 64.2 Å². The van der Waals surface area contributed by atoms with Crippen LogP contribution < -0.4 is 4.74 Å². The van der Waals surface area contributed by atoms with Crippen molar-refractivity contribution in [2.75, 3.05) is 0 Å². The zero-order valence-corrected chi connectivity index (χ0v) is 12.3. The fourth-order valence-electron chi connectivity index (χ4n) is 1.84. The third-order valence-electron chi connectivity index (χ3n) is 3.11. The summed E-state index contributed by atoms with van der Waals surface area (Å²) in [6.45, 7) is 4.83. The summed E-state index contributed by atoms with van der Waals surface area (Å²) in [7, 11) is 0. The molecule has 0 aliphatic heterocycles. The molecule has 0 spiro atoms. The molecule has 2 rings (SSSR count). The van der Waals surface area contributed by atoms with Gasteiger partial charge in [-0.2, -0.15) is 5.26 Å². The Morgan fingerprint density at radius 2 is 1.85 bits per heavy atom. The summed E-state index contributed by atoms with van der Waals surface area (Å²) in [6, 6.07) is 15.5. The lowest BCUT2D eigenvalue weighted by Gasteiger charge is -2.09. The van der Waals surface area contributed by atoms with E-state index in [2.05, 4.69) is 38.1 Å². The van der Waals surface area contributed by atoms with Crippen molar-refractivity contribution in [3.63, 3.8) is 0 Å². The highest BCUT2D eigenvalue weighted by Crippen LogP contribution is 2.23. The predicted octanol–water partition coefficient (Wildman–Crippen LogP) is 4.91. The van der Waals surface area contributed by atoms with Crippen LogP contribution in [0, 0.1) is 11.3 Å². The molecule has 20 heavy (non-hydrogen) atoms. The topological polar surface area (TPSA) is 33.0 Å². The summed E-state index contributed by atoms with van der Waals surface area (Å²) >= 11 is 5.96. The lowest BCUT2D eigenvalue weighted by atomic mass is 10.0. The molecule has 0 aliphatic carbocycles. The first-order chi connectivity index (χ1) is 9.60. The first-order valence-electron chi connectivity index (χ1n) is 6.51. The lowest BCUT2D eigenvalue weighted by molar-refractivity contribution is 0.306. The normalized spacial score (nSPS) is 10.3. The number of rotatable bonds is 4. The van der Waals surface area contributed by atoms with Gasteiger partial charge < -0.3 is 4.74 Å². The van der Waals surface area contributed by atoms with Crippen LogP contribution in [0.5, 0.6) is 5.75 Å². The maximum absolute atomic E-state index is 8.81. The van der Waals surface area contributed by atoms with Gasteiger partial charge in [0.05, 0.1) is 10.6 Å². The van der Waals surface area contributed by atoms with Crippen LogP contribution in [0.1, 0.15) is 36.5 Å². The fraction of sp³-hybridized carbons (Fsp3) is 0.235. The fourth-order valence-corrected chi connectivity index (χ4v) is 2.05. The van der Waals surface area contributed by atoms with E-state index in [1.54, 1.807) is 18.2 Å². The maximum atomic E-state index is 8.81. The molecule has 0 bridgehead atoms. The number of ether oxygens (including phenoxy) is 1. The van der Waals surface area contributed by atoms with Crippen LogP contribution in [0.15, 0.2) is 42.5 Å². The number of hydrogen-bond donors (Lipinski definition) is 0. The average molecular weight is 286 g/mol. The van der Waals surface area contributed by atoms with Gasteiger partial charge in [-0.05, 0) is 29.2 Å². The van der Waals surface area contributed by atoms with Gasteiger partial charge in [-0.3, -0.25) is 0 Å². The van der Waals surface area contributed by atoms with Crippen molar-refractivity contribution in [3.8, 4) is 11.8 Å². The van der Waals surface area contributed by atoms with Gasteiger partial charge >= 0.3 is 0 Å². The van der Waals surface area contributed by atoms with Gasteiger partial charge in [0.15, 0.2) is 0 Å². The van der Waals surface area contributed by atoms with Crippen LogP contribution in [0.3, 0.4) is 0 Å². The van der Waals surface area contributed by atoms with Gasteiger partial charge in [-0.15, -0.1) is 0 Å². The van der Waals surface area contributed by atoms with E-state index in [4.69, 9.17) is 21.6 Å². The third-order valence-corrected chi connectivity index (χ3v) is 3.43. The van der Waals surface area contributed by atoms with Gasteiger partial charge in [0, 0.05) is 6.07 Å². The zero-order chi connectivity index (χ0) is 14.5. The Balaban J connectivity index is 2.02. The second kappa shape index (κ2) is 6.45. The monoisotopic (exact) mass is 285 g/mol. The highest BCUT2D eigenvalue weighted by molar-refractivity contribution is 6.31. The van der Waals surface area contributed by atoms with Gasteiger partial charge in [-0.1, -0.05) is 49.7 Å².